The first kappa shape index (κ1) is 12.7. The van der Waals surface area contributed by atoms with Crippen molar-refractivity contribution in [1.82, 2.24) is 15.3 Å². The Morgan fingerprint density at radius 2 is 2.61 bits per heavy atom. The third kappa shape index (κ3) is 3.38. The molecule has 2 rings (SSSR count). The van der Waals surface area contributed by atoms with Gasteiger partial charge in [0.1, 0.15) is 5.82 Å². The molecule has 1 aromatic heterocycles. The van der Waals surface area contributed by atoms with E-state index in [4.69, 9.17) is 4.74 Å². The highest BCUT2D eigenvalue weighted by molar-refractivity contribution is 5.85. The van der Waals surface area contributed by atoms with Gasteiger partial charge in [0.25, 0.3) is 0 Å². The van der Waals surface area contributed by atoms with Crippen LogP contribution in [-0.4, -0.2) is 55.4 Å². The van der Waals surface area contributed by atoms with Gasteiger partial charge in [-0.25, -0.2) is 14.8 Å². The van der Waals surface area contributed by atoms with Gasteiger partial charge in [-0.05, 0) is 6.07 Å². The number of anilines is 1. The lowest BCUT2D eigenvalue weighted by Gasteiger charge is -2.23. The van der Waals surface area contributed by atoms with E-state index >= 15 is 0 Å². The van der Waals surface area contributed by atoms with Gasteiger partial charge in [0, 0.05) is 25.8 Å². The van der Waals surface area contributed by atoms with Gasteiger partial charge < -0.3 is 20.1 Å². The predicted octanol–water partition coefficient (Wildman–Crippen LogP) is -0.336. The molecule has 18 heavy (non-hydrogen) atoms. The van der Waals surface area contributed by atoms with Crippen molar-refractivity contribution in [2.75, 3.05) is 38.7 Å². The molecule has 2 N–H and O–H groups in total. The second kappa shape index (κ2) is 6.27. The lowest BCUT2D eigenvalue weighted by atomic mass is 10.3. The number of hydrogen-bond donors (Lipinski definition) is 2. The summed E-state index contributed by atoms with van der Waals surface area (Å²) in [6.07, 6.45) is 1.62. The lowest BCUT2D eigenvalue weighted by molar-refractivity contribution is 0.0372. The van der Waals surface area contributed by atoms with Gasteiger partial charge in [0.05, 0.1) is 19.8 Å². The maximum Gasteiger partial charge on any atom is 0.376 e. The van der Waals surface area contributed by atoms with Crippen LogP contribution in [0.25, 0.3) is 0 Å². The Kier molecular flexibility index (Phi) is 4.43. The Hall–Kier alpha value is -1.73. The van der Waals surface area contributed by atoms with Crippen LogP contribution in [0, 0.1) is 0 Å². The number of nitrogens with one attached hydrogen (secondary N) is 2. The fourth-order valence-electron chi connectivity index (χ4n) is 1.62. The number of nitrogens with zero attached hydrogens (tertiary/aromatic N) is 2. The molecule has 7 heteroatoms. The molecule has 98 valence electrons. The molecule has 1 fully saturated rings. The standard InChI is InChI=1S/C11H16N4O3/c1-17-11(16)10-13-3-2-9(15-10)14-7-8-6-12-4-5-18-8/h2-3,8,12H,4-7H2,1H3,(H,13,14,15). The summed E-state index contributed by atoms with van der Waals surface area (Å²) in [6, 6.07) is 1.70. The van der Waals surface area contributed by atoms with Crippen LogP contribution in [0.15, 0.2) is 12.3 Å². The number of carbonyl (C=O) groups excluding carboxylic acids is 1. The van der Waals surface area contributed by atoms with Crippen molar-refractivity contribution < 1.29 is 14.3 Å². The SMILES string of the molecule is COC(=O)c1nccc(NCC2CNCCO2)n1. The molecule has 1 unspecified atom stereocenters. The first-order valence-corrected chi connectivity index (χ1v) is 5.77. The van der Waals surface area contributed by atoms with Crippen molar-refractivity contribution in [3.63, 3.8) is 0 Å². The van der Waals surface area contributed by atoms with E-state index in [9.17, 15) is 4.79 Å². The fourth-order valence-corrected chi connectivity index (χ4v) is 1.62. The summed E-state index contributed by atoms with van der Waals surface area (Å²) in [5.74, 6) is 0.0824. The summed E-state index contributed by atoms with van der Waals surface area (Å²) in [7, 11) is 1.30. The van der Waals surface area contributed by atoms with Crippen LogP contribution in [0.3, 0.4) is 0 Å². The Bertz CT molecular complexity index is 407. The second-order valence-electron chi connectivity index (χ2n) is 3.83. The fraction of sp³-hybridized carbons (Fsp3) is 0.545. The number of rotatable bonds is 4. The average Bonchev–Trinajstić information content (AvgIpc) is 2.45. The first-order chi connectivity index (χ1) is 8.79. The zero-order chi connectivity index (χ0) is 12.8. The summed E-state index contributed by atoms with van der Waals surface area (Å²) in [6.45, 7) is 3.03. The molecule has 0 aliphatic carbocycles. The molecule has 0 saturated carbocycles. The highest BCUT2D eigenvalue weighted by Gasteiger charge is 2.14. The van der Waals surface area contributed by atoms with E-state index in [0.29, 0.717) is 19.0 Å². The van der Waals surface area contributed by atoms with Crippen molar-refractivity contribution in [1.29, 1.82) is 0 Å². The third-order valence-electron chi connectivity index (χ3n) is 2.54. The number of esters is 1. The first-order valence-electron chi connectivity index (χ1n) is 5.77. The smallest absolute Gasteiger partial charge is 0.376 e. The summed E-state index contributed by atoms with van der Waals surface area (Å²) in [4.78, 5) is 19.2. The Morgan fingerprint density at radius 3 is 3.33 bits per heavy atom. The second-order valence-corrected chi connectivity index (χ2v) is 3.83. The quantitative estimate of drug-likeness (QED) is 0.709. The maximum atomic E-state index is 11.3. The minimum absolute atomic E-state index is 0.0465. The largest absolute Gasteiger partial charge is 0.463 e. The predicted molar refractivity (Wildman–Crippen MR) is 64.5 cm³/mol. The van der Waals surface area contributed by atoms with Crippen LogP contribution in [0.2, 0.25) is 0 Å². The van der Waals surface area contributed by atoms with Crippen LogP contribution >= 0.6 is 0 Å². The minimum atomic E-state index is -0.547. The molecule has 2 heterocycles. The summed E-state index contributed by atoms with van der Waals surface area (Å²) >= 11 is 0. The third-order valence-corrected chi connectivity index (χ3v) is 2.54. The van der Waals surface area contributed by atoms with Crippen molar-refractivity contribution in [3.8, 4) is 0 Å². The molecule has 1 aliphatic rings. The van der Waals surface area contributed by atoms with Crippen molar-refractivity contribution in [2.45, 2.75) is 6.10 Å². The molecule has 1 saturated heterocycles. The summed E-state index contributed by atoms with van der Waals surface area (Å²) < 4.78 is 10.1. The van der Waals surface area contributed by atoms with Gasteiger partial charge >= 0.3 is 5.97 Å². The van der Waals surface area contributed by atoms with Gasteiger partial charge in [-0.2, -0.15) is 0 Å². The molecule has 0 radical (unpaired) electrons. The molecule has 1 atom stereocenters. The van der Waals surface area contributed by atoms with Crippen LogP contribution in [0.4, 0.5) is 5.82 Å². The molecule has 7 nitrogen and oxygen atoms in total. The Morgan fingerprint density at radius 1 is 1.72 bits per heavy atom. The molecular formula is C11H16N4O3. The number of aromatic nitrogens is 2. The van der Waals surface area contributed by atoms with E-state index < -0.39 is 5.97 Å². The van der Waals surface area contributed by atoms with Gasteiger partial charge in [-0.15, -0.1) is 0 Å². The normalized spacial score (nSPS) is 19.3. The molecular weight excluding hydrogens is 236 g/mol. The van der Waals surface area contributed by atoms with Gasteiger partial charge in [-0.1, -0.05) is 0 Å². The number of methoxy groups -OCH3 is 1. The lowest BCUT2D eigenvalue weighted by Crippen LogP contribution is -2.42. The van der Waals surface area contributed by atoms with Crippen LogP contribution < -0.4 is 10.6 Å². The van der Waals surface area contributed by atoms with Gasteiger partial charge in [-0.3, -0.25) is 0 Å². The van der Waals surface area contributed by atoms with E-state index in [1.807, 2.05) is 0 Å². The van der Waals surface area contributed by atoms with Crippen molar-refractivity contribution in [3.05, 3.63) is 18.1 Å². The zero-order valence-corrected chi connectivity index (χ0v) is 10.2. The minimum Gasteiger partial charge on any atom is -0.463 e. The molecule has 0 spiro atoms. The maximum absolute atomic E-state index is 11.3. The molecule has 0 amide bonds. The molecule has 1 aromatic rings. The van der Waals surface area contributed by atoms with Gasteiger partial charge in [0.15, 0.2) is 0 Å². The average molecular weight is 252 g/mol. The van der Waals surface area contributed by atoms with Crippen LogP contribution in [0.1, 0.15) is 10.6 Å². The topological polar surface area (TPSA) is 85.4 Å². The zero-order valence-electron chi connectivity index (χ0n) is 10.2. The number of carbonyl (C=O) groups is 1. The highest BCUT2D eigenvalue weighted by atomic mass is 16.5. The highest BCUT2D eigenvalue weighted by Crippen LogP contribution is 2.04. The van der Waals surface area contributed by atoms with Crippen molar-refractivity contribution in [2.24, 2.45) is 0 Å². The van der Waals surface area contributed by atoms with Crippen LogP contribution in [-0.2, 0) is 9.47 Å². The number of hydrogen-bond acceptors (Lipinski definition) is 7. The van der Waals surface area contributed by atoms with E-state index in [0.717, 1.165) is 13.1 Å². The number of morpholine rings is 1. The van der Waals surface area contributed by atoms with E-state index in [1.54, 1.807) is 6.07 Å². The molecule has 0 bridgehead atoms. The van der Waals surface area contributed by atoms with Crippen molar-refractivity contribution >= 4 is 11.8 Å². The monoisotopic (exact) mass is 252 g/mol. The summed E-state index contributed by atoms with van der Waals surface area (Å²) in [5, 5.41) is 6.35. The Balaban J connectivity index is 1.90. The van der Waals surface area contributed by atoms with E-state index in [2.05, 4.69) is 25.3 Å². The number of ether oxygens (including phenoxy) is 2. The summed E-state index contributed by atoms with van der Waals surface area (Å²) in [5.41, 5.74) is 0. The Labute approximate surface area is 105 Å². The van der Waals surface area contributed by atoms with Gasteiger partial charge in [0.2, 0.25) is 5.82 Å². The van der Waals surface area contributed by atoms with Crippen LogP contribution in [0.5, 0.6) is 0 Å². The molecule has 0 aromatic carbocycles. The molecule has 1 aliphatic heterocycles. The van der Waals surface area contributed by atoms with E-state index in [1.165, 1.54) is 13.3 Å². The van der Waals surface area contributed by atoms with E-state index in [-0.39, 0.29) is 11.9 Å².